The fourth-order valence-electron chi connectivity index (χ4n) is 5.84. The second kappa shape index (κ2) is 8.84. The lowest BCUT2D eigenvalue weighted by atomic mass is 9.85. The summed E-state index contributed by atoms with van der Waals surface area (Å²) in [6.45, 7) is 10.1. The highest BCUT2D eigenvalue weighted by atomic mass is 35.5. The maximum atomic E-state index is 12.9. The summed E-state index contributed by atoms with van der Waals surface area (Å²) >= 11 is 6.29. The van der Waals surface area contributed by atoms with Crippen molar-refractivity contribution in [2.45, 2.75) is 52.2 Å². The zero-order valence-electron chi connectivity index (χ0n) is 19.7. The molecular weight excluding hydrogens is 436 g/mol. The number of nitrogens with one attached hydrogen (secondary N) is 1. The van der Waals surface area contributed by atoms with Crippen LogP contribution in [0, 0.1) is 11.3 Å². The average Bonchev–Trinajstić information content (AvgIpc) is 3.04. The monoisotopic (exact) mass is 468 g/mol. The van der Waals surface area contributed by atoms with Crippen LogP contribution in [0.15, 0.2) is 36.4 Å². The summed E-state index contributed by atoms with van der Waals surface area (Å²) in [6, 6.07) is 12.1. The summed E-state index contributed by atoms with van der Waals surface area (Å²) in [6.07, 6.45) is 2.86. The molecule has 6 rings (SSSR count). The van der Waals surface area contributed by atoms with Gasteiger partial charge in [-0.1, -0.05) is 43.6 Å². The second-order valence-electron chi connectivity index (χ2n) is 10.3. The van der Waals surface area contributed by atoms with Crippen molar-refractivity contribution in [2.75, 3.05) is 26.2 Å². The highest BCUT2D eigenvalue weighted by molar-refractivity contribution is 6.31. The van der Waals surface area contributed by atoms with Crippen LogP contribution < -0.4 is 10.1 Å². The van der Waals surface area contributed by atoms with Crippen molar-refractivity contribution < 1.29 is 14.3 Å². The van der Waals surface area contributed by atoms with Gasteiger partial charge < -0.3 is 14.8 Å². The minimum Gasteiger partial charge on any atom is -0.493 e. The molecule has 0 radical (unpaired) electrons. The van der Waals surface area contributed by atoms with E-state index < -0.39 is 0 Å². The van der Waals surface area contributed by atoms with E-state index in [1.807, 2.05) is 25.1 Å². The normalized spacial score (nSPS) is 27.2. The van der Waals surface area contributed by atoms with Gasteiger partial charge in [-0.3, -0.25) is 4.90 Å². The van der Waals surface area contributed by atoms with E-state index in [2.05, 4.69) is 42.3 Å². The Morgan fingerprint density at radius 3 is 2.67 bits per heavy atom. The third-order valence-electron chi connectivity index (χ3n) is 7.55. The summed E-state index contributed by atoms with van der Waals surface area (Å²) in [5, 5.41) is 3.89. The van der Waals surface area contributed by atoms with Crippen LogP contribution in [-0.2, 0) is 11.2 Å². The number of benzene rings is 2. The van der Waals surface area contributed by atoms with E-state index in [1.165, 1.54) is 5.56 Å². The minimum atomic E-state index is -0.294. The van der Waals surface area contributed by atoms with Crippen LogP contribution in [0.4, 0.5) is 4.79 Å². The molecule has 1 N–H and O–H groups in total. The number of fused-ring (bicyclic) bond motifs is 4. The third-order valence-corrected chi connectivity index (χ3v) is 7.79. The van der Waals surface area contributed by atoms with Crippen molar-refractivity contribution in [2.24, 2.45) is 11.3 Å². The highest BCUT2D eigenvalue weighted by Gasteiger charge is 2.42. The first-order chi connectivity index (χ1) is 15.8. The molecule has 2 aromatic rings. The molecule has 3 fully saturated rings. The van der Waals surface area contributed by atoms with Gasteiger partial charge in [0.05, 0.1) is 12.6 Å². The smallest absolute Gasteiger partial charge is 0.407 e. The predicted octanol–water partition coefficient (Wildman–Crippen LogP) is 5.85. The first-order valence-electron chi connectivity index (χ1n) is 12.1. The Hall–Kier alpha value is -2.24. The number of carbonyl (C=O) groups excluding carboxylic acids is 1. The molecule has 0 saturated carbocycles. The summed E-state index contributed by atoms with van der Waals surface area (Å²) in [4.78, 5) is 15.3. The van der Waals surface area contributed by atoms with E-state index in [0.717, 1.165) is 61.3 Å². The molecule has 4 aliphatic rings. The maximum absolute atomic E-state index is 12.9. The van der Waals surface area contributed by atoms with Crippen LogP contribution in [0.3, 0.4) is 0 Å². The Balaban J connectivity index is 1.36. The second-order valence-corrected chi connectivity index (χ2v) is 10.7. The van der Waals surface area contributed by atoms with Crippen molar-refractivity contribution in [3.05, 3.63) is 52.5 Å². The van der Waals surface area contributed by atoms with Crippen molar-refractivity contribution in [3.63, 3.8) is 0 Å². The van der Waals surface area contributed by atoms with E-state index in [0.29, 0.717) is 17.5 Å². The van der Waals surface area contributed by atoms with Gasteiger partial charge in [0.1, 0.15) is 11.9 Å². The molecular formula is C27H33ClN2O3. The van der Waals surface area contributed by atoms with Gasteiger partial charge in [0.2, 0.25) is 0 Å². The topological polar surface area (TPSA) is 50.8 Å². The molecule has 33 heavy (non-hydrogen) atoms. The van der Waals surface area contributed by atoms with Crippen molar-refractivity contribution in [3.8, 4) is 16.9 Å². The Morgan fingerprint density at radius 2 is 1.97 bits per heavy atom. The summed E-state index contributed by atoms with van der Waals surface area (Å²) in [7, 11) is 0. The molecule has 176 valence electrons. The van der Waals surface area contributed by atoms with Crippen LogP contribution in [-0.4, -0.2) is 43.3 Å². The Morgan fingerprint density at radius 1 is 1.18 bits per heavy atom. The zero-order valence-corrected chi connectivity index (χ0v) is 20.5. The van der Waals surface area contributed by atoms with Crippen LogP contribution in [0.5, 0.6) is 5.75 Å². The fourth-order valence-corrected chi connectivity index (χ4v) is 6.01. The van der Waals surface area contributed by atoms with Gasteiger partial charge >= 0.3 is 6.09 Å². The van der Waals surface area contributed by atoms with Crippen molar-refractivity contribution in [1.29, 1.82) is 0 Å². The minimum absolute atomic E-state index is 0.0127. The Labute approximate surface area is 201 Å². The molecule has 1 unspecified atom stereocenters. The number of nitrogens with zero attached hydrogens (tertiary/aromatic N) is 1. The molecule has 3 aliphatic heterocycles. The lowest BCUT2D eigenvalue weighted by Crippen LogP contribution is -2.53. The number of piperidine rings is 3. The number of amides is 1. The third kappa shape index (κ3) is 4.45. The summed E-state index contributed by atoms with van der Waals surface area (Å²) in [5.74, 6) is 1.33. The van der Waals surface area contributed by atoms with E-state index in [1.54, 1.807) is 0 Å². The summed E-state index contributed by atoms with van der Waals surface area (Å²) < 4.78 is 11.8. The van der Waals surface area contributed by atoms with E-state index in [4.69, 9.17) is 21.1 Å². The van der Waals surface area contributed by atoms with E-state index in [-0.39, 0.29) is 23.7 Å². The van der Waals surface area contributed by atoms with Crippen LogP contribution in [0.1, 0.15) is 50.8 Å². The number of alkyl carbamates (subject to hydrolysis) is 1. The van der Waals surface area contributed by atoms with Gasteiger partial charge in [-0.05, 0) is 85.5 Å². The molecule has 5 nitrogen and oxygen atoms in total. The number of hydrogen-bond donors (Lipinski definition) is 1. The molecule has 3 saturated heterocycles. The molecule has 2 bridgehead atoms. The SMILES string of the molecule is CCOc1ccc(Cl)cc1-c1ccc2c(c1)CC(C)(C)C2NC(=O)O[C@@H]1CN2CCC1CC2. The number of ether oxygens (including phenoxy) is 2. The molecule has 6 heteroatoms. The largest absolute Gasteiger partial charge is 0.493 e. The quantitative estimate of drug-likeness (QED) is 0.598. The Bertz CT molecular complexity index is 1050. The van der Waals surface area contributed by atoms with E-state index >= 15 is 0 Å². The summed E-state index contributed by atoms with van der Waals surface area (Å²) in [5.41, 5.74) is 4.36. The first-order valence-corrected chi connectivity index (χ1v) is 12.5. The number of halogens is 1. The van der Waals surface area contributed by atoms with Gasteiger partial charge in [-0.2, -0.15) is 0 Å². The van der Waals surface area contributed by atoms with Crippen LogP contribution >= 0.6 is 11.6 Å². The maximum Gasteiger partial charge on any atom is 0.407 e. The fraction of sp³-hybridized carbons (Fsp3) is 0.519. The predicted molar refractivity (Wildman–Crippen MR) is 131 cm³/mol. The van der Waals surface area contributed by atoms with Crippen LogP contribution in [0.2, 0.25) is 5.02 Å². The average molecular weight is 469 g/mol. The number of hydrogen-bond acceptors (Lipinski definition) is 4. The van der Waals surface area contributed by atoms with Gasteiger partial charge in [-0.25, -0.2) is 4.79 Å². The molecule has 1 amide bonds. The van der Waals surface area contributed by atoms with Gasteiger partial charge in [0, 0.05) is 17.1 Å². The molecule has 0 spiro atoms. The van der Waals surface area contributed by atoms with Gasteiger partial charge in [0.25, 0.3) is 0 Å². The zero-order chi connectivity index (χ0) is 23.2. The van der Waals surface area contributed by atoms with Crippen LogP contribution in [0.25, 0.3) is 11.1 Å². The Kier molecular flexibility index (Phi) is 6.04. The molecule has 2 atom stereocenters. The van der Waals surface area contributed by atoms with Gasteiger partial charge in [0.15, 0.2) is 0 Å². The van der Waals surface area contributed by atoms with E-state index in [9.17, 15) is 4.79 Å². The van der Waals surface area contributed by atoms with Gasteiger partial charge in [-0.15, -0.1) is 0 Å². The first kappa shape index (κ1) is 22.5. The van der Waals surface area contributed by atoms with Crippen molar-refractivity contribution in [1.82, 2.24) is 10.2 Å². The van der Waals surface area contributed by atoms with Crippen molar-refractivity contribution >= 4 is 17.7 Å². The molecule has 3 heterocycles. The lowest BCUT2D eigenvalue weighted by molar-refractivity contribution is -0.0348. The lowest BCUT2D eigenvalue weighted by Gasteiger charge is -2.44. The standard InChI is InChI=1S/C27H33ClN2O3/c1-4-32-23-8-6-20(28)14-22(23)18-5-7-21-19(13-18)15-27(2,3)25(21)29-26(31)33-24-16-30-11-9-17(24)10-12-30/h5-8,13-14,17,24-25H,4,9-12,15-16H2,1-3H3,(H,29,31)/t24-,25?/m1/s1. The number of carbonyl (C=O) groups is 1. The highest BCUT2D eigenvalue weighted by Crippen LogP contribution is 2.47. The molecule has 1 aliphatic carbocycles. The molecule has 2 aromatic carbocycles. The number of rotatable bonds is 5. The molecule has 0 aromatic heterocycles.